The Labute approximate surface area is 216 Å². The van der Waals surface area contributed by atoms with Crippen molar-refractivity contribution < 1.29 is 13.6 Å². The highest BCUT2D eigenvalue weighted by atomic mass is 79.9. The maximum absolute atomic E-state index is 13.7. The van der Waals surface area contributed by atoms with Gasteiger partial charge in [0.2, 0.25) is 0 Å². The number of hydrogen-bond donors (Lipinski definition) is 3. The number of carbonyl (C=O) groups excluding carboxylic acids is 1. The summed E-state index contributed by atoms with van der Waals surface area (Å²) in [6.07, 6.45) is -2.59. The van der Waals surface area contributed by atoms with Crippen LogP contribution in [0.2, 0.25) is 0 Å². The molecule has 0 bridgehead atoms. The Morgan fingerprint density at radius 2 is 1.91 bits per heavy atom. The van der Waals surface area contributed by atoms with Crippen molar-refractivity contribution in [1.82, 2.24) is 15.6 Å². The minimum Gasteiger partial charge on any atom is -0.369 e. The van der Waals surface area contributed by atoms with Crippen LogP contribution in [0.15, 0.2) is 52.3 Å². The second kappa shape index (κ2) is 11.0. The first-order chi connectivity index (χ1) is 16.7. The number of piperazine rings is 1. The molecule has 1 aliphatic rings. The van der Waals surface area contributed by atoms with Crippen LogP contribution in [0.25, 0.3) is 0 Å². The minimum atomic E-state index is -2.59. The smallest absolute Gasteiger partial charge is 0.321 e. The zero-order chi connectivity index (χ0) is 25.0. The number of carbonyl (C=O) groups is 1. The van der Waals surface area contributed by atoms with E-state index in [9.17, 15) is 13.6 Å². The summed E-state index contributed by atoms with van der Waals surface area (Å²) >= 11 is 4.80. The van der Waals surface area contributed by atoms with Crippen molar-refractivity contribution in [3.63, 3.8) is 0 Å². The molecule has 1 fully saturated rings. The quantitative estimate of drug-likeness (QED) is 0.334. The molecule has 186 valence electrons. The van der Waals surface area contributed by atoms with Crippen LogP contribution >= 0.6 is 27.3 Å². The third-order valence-electron chi connectivity index (χ3n) is 6.17. The van der Waals surface area contributed by atoms with Crippen molar-refractivity contribution in [2.75, 3.05) is 36.4 Å². The molecule has 0 spiro atoms. The van der Waals surface area contributed by atoms with Crippen molar-refractivity contribution in [3.8, 4) is 0 Å². The van der Waals surface area contributed by atoms with Crippen LogP contribution in [0.4, 0.5) is 24.4 Å². The van der Waals surface area contributed by atoms with E-state index in [0.29, 0.717) is 29.5 Å². The normalized spacial score (nSPS) is 14.3. The molecule has 1 saturated heterocycles. The van der Waals surface area contributed by atoms with Crippen molar-refractivity contribution >= 4 is 44.1 Å². The number of alkyl halides is 2. The maximum Gasteiger partial charge on any atom is 0.321 e. The van der Waals surface area contributed by atoms with Gasteiger partial charge in [-0.1, -0.05) is 48.0 Å². The van der Waals surface area contributed by atoms with E-state index >= 15 is 0 Å². The Kier molecular flexibility index (Phi) is 8.03. The van der Waals surface area contributed by atoms with Crippen molar-refractivity contribution in [3.05, 3.63) is 74.7 Å². The number of nitrogens with one attached hydrogen (secondary N) is 3. The Morgan fingerprint density at radius 1 is 1.20 bits per heavy atom. The van der Waals surface area contributed by atoms with E-state index in [1.807, 2.05) is 34.5 Å². The average Bonchev–Trinajstić information content (AvgIpc) is 3.33. The zero-order valence-electron chi connectivity index (χ0n) is 19.6. The number of rotatable bonds is 7. The number of benzene rings is 2. The van der Waals surface area contributed by atoms with E-state index in [2.05, 4.69) is 50.7 Å². The summed E-state index contributed by atoms with van der Waals surface area (Å²) in [4.78, 5) is 19.0. The minimum absolute atomic E-state index is 0.00801. The lowest BCUT2D eigenvalue weighted by molar-refractivity contribution is 0.151. The summed E-state index contributed by atoms with van der Waals surface area (Å²) in [5, 5.41) is 11.1. The van der Waals surface area contributed by atoms with Gasteiger partial charge in [0.05, 0.1) is 5.69 Å². The van der Waals surface area contributed by atoms with Gasteiger partial charge in [0.1, 0.15) is 0 Å². The molecule has 2 heterocycles. The van der Waals surface area contributed by atoms with Crippen LogP contribution in [0.3, 0.4) is 0 Å². The second-order valence-corrected chi connectivity index (χ2v) is 10.7. The fraction of sp³-hybridized carbons (Fsp3) is 0.360. The van der Waals surface area contributed by atoms with Crippen LogP contribution in [0.5, 0.6) is 0 Å². The van der Waals surface area contributed by atoms with Gasteiger partial charge in [0.25, 0.3) is 6.43 Å². The van der Waals surface area contributed by atoms with E-state index in [-0.39, 0.29) is 17.5 Å². The third kappa shape index (κ3) is 6.17. The lowest BCUT2D eigenvalue weighted by Crippen LogP contribution is -2.43. The Bertz CT molecular complexity index is 1160. The SMILES string of the molecule is CC(C)(c1ccc(Br)cc1)c1csc(NC(=O)NCc2ccc(N3CCNCC3)c(C(F)F)c2)n1. The number of halogens is 3. The fourth-order valence-corrected chi connectivity index (χ4v) is 5.18. The van der Waals surface area contributed by atoms with Crippen molar-refractivity contribution in [2.45, 2.75) is 32.2 Å². The third-order valence-corrected chi connectivity index (χ3v) is 7.46. The molecule has 0 radical (unpaired) electrons. The van der Waals surface area contributed by atoms with Gasteiger partial charge in [0, 0.05) is 59.2 Å². The van der Waals surface area contributed by atoms with E-state index in [1.165, 1.54) is 17.4 Å². The summed E-state index contributed by atoms with van der Waals surface area (Å²) in [5.41, 5.74) is 2.80. The molecule has 4 rings (SSSR count). The first kappa shape index (κ1) is 25.5. The molecule has 6 nitrogen and oxygen atoms in total. The van der Waals surface area contributed by atoms with Crippen molar-refractivity contribution in [1.29, 1.82) is 0 Å². The summed E-state index contributed by atoms with van der Waals surface area (Å²) in [5.74, 6) is 0. The lowest BCUT2D eigenvalue weighted by atomic mass is 9.82. The molecule has 0 atom stereocenters. The predicted molar refractivity (Wildman–Crippen MR) is 141 cm³/mol. The number of amides is 2. The first-order valence-corrected chi connectivity index (χ1v) is 13.0. The predicted octanol–water partition coefficient (Wildman–Crippen LogP) is 5.90. The van der Waals surface area contributed by atoms with Gasteiger partial charge >= 0.3 is 6.03 Å². The molecule has 10 heteroatoms. The second-order valence-electron chi connectivity index (χ2n) is 8.91. The highest BCUT2D eigenvalue weighted by Crippen LogP contribution is 2.34. The van der Waals surface area contributed by atoms with Gasteiger partial charge in [-0.05, 0) is 35.4 Å². The number of urea groups is 1. The van der Waals surface area contributed by atoms with Crippen molar-refractivity contribution in [2.24, 2.45) is 0 Å². The maximum atomic E-state index is 13.7. The first-order valence-electron chi connectivity index (χ1n) is 11.4. The summed E-state index contributed by atoms with van der Waals surface area (Å²) in [6.45, 7) is 7.22. The number of thiazole rings is 1. The van der Waals surface area contributed by atoms with E-state index in [1.54, 1.807) is 12.1 Å². The summed E-state index contributed by atoms with van der Waals surface area (Å²) in [6, 6.07) is 12.6. The topological polar surface area (TPSA) is 69.3 Å². The van der Waals surface area contributed by atoms with E-state index < -0.39 is 12.5 Å². The molecule has 2 aromatic carbocycles. The molecular weight excluding hydrogens is 536 g/mol. The van der Waals surface area contributed by atoms with Crippen LogP contribution in [0.1, 0.15) is 42.7 Å². The zero-order valence-corrected chi connectivity index (χ0v) is 22.0. The lowest BCUT2D eigenvalue weighted by Gasteiger charge is -2.31. The molecule has 2 amide bonds. The Balaban J connectivity index is 1.37. The Morgan fingerprint density at radius 3 is 2.60 bits per heavy atom. The van der Waals surface area contributed by atoms with E-state index in [0.717, 1.165) is 28.8 Å². The highest BCUT2D eigenvalue weighted by Gasteiger charge is 2.26. The molecule has 3 N–H and O–H groups in total. The van der Waals surface area contributed by atoms with Crippen LogP contribution in [-0.2, 0) is 12.0 Å². The molecule has 0 aliphatic carbocycles. The van der Waals surface area contributed by atoms with Gasteiger partial charge in [-0.15, -0.1) is 11.3 Å². The molecule has 3 aromatic rings. The number of anilines is 2. The summed E-state index contributed by atoms with van der Waals surface area (Å²) < 4.78 is 28.5. The van der Waals surface area contributed by atoms with Gasteiger partial charge in [-0.2, -0.15) is 0 Å². The van der Waals surface area contributed by atoms with Crippen LogP contribution < -0.4 is 20.9 Å². The van der Waals surface area contributed by atoms with Gasteiger partial charge < -0.3 is 15.5 Å². The number of nitrogens with zero attached hydrogens (tertiary/aromatic N) is 2. The highest BCUT2D eigenvalue weighted by molar-refractivity contribution is 9.10. The van der Waals surface area contributed by atoms with Gasteiger partial charge in [-0.3, -0.25) is 5.32 Å². The largest absolute Gasteiger partial charge is 0.369 e. The molecule has 0 unspecified atom stereocenters. The average molecular weight is 565 g/mol. The summed E-state index contributed by atoms with van der Waals surface area (Å²) in [7, 11) is 0. The monoisotopic (exact) mass is 563 g/mol. The molecule has 1 aliphatic heterocycles. The molecule has 1 aromatic heterocycles. The molecule has 35 heavy (non-hydrogen) atoms. The Hall–Kier alpha value is -2.56. The fourth-order valence-electron chi connectivity index (χ4n) is 4.04. The number of aromatic nitrogens is 1. The number of hydrogen-bond acceptors (Lipinski definition) is 5. The standard InChI is InChI=1S/C25H28BrF2N5OS/c1-25(2,17-4-6-18(26)7-5-17)21-15-35-24(31-21)32-23(34)30-14-16-3-8-20(19(13-16)22(27)28)33-11-9-29-10-12-33/h3-8,13,15,22,29H,9-12,14H2,1-2H3,(H2,30,31,32,34). The molecular formula is C25H28BrF2N5OS. The molecule has 0 saturated carbocycles. The van der Waals surface area contributed by atoms with E-state index in [4.69, 9.17) is 0 Å². The van der Waals surface area contributed by atoms with Crippen LogP contribution in [0, 0.1) is 0 Å². The van der Waals surface area contributed by atoms with Gasteiger partial charge in [-0.25, -0.2) is 18.6 Å². The van der Waals surface area contributed by atoms with Gasteiger partial charge in [0.15, 0.2) is 5.13 Å². The van der Waals surface area contributed by atoms with Crippen LogP contribution in [-0.4, -0.2) is 37.2 Å².